The van der Waals surface area contributed by atoms with Crippen molar-refractivity contribution >= 4 is 45.0 Å². The molecular weight excluding hydrogens is 477 g/mol. The Balaban J connectivity index is 1.58. The smallest absolute Gasteiger partial charge is 0.230 e. The van der Waals surface area contributed by atoms with Gasteiger partial charge in [0.25, 0.3) is 0 Å². The first-order valence-electron chi connectivity index (χ1n) is 11.4. The molecule has 2 fully saturated rings. The van der Waals surface area contributed by atoms with Crippen LogP contribution in [0.4, 0.5) is 4.39 Å². The van der Waals surface area contributed by atoms with E-state index < -0.39 is 12.3 Å². The van der Waals surface area contributed by atoms with Gasteiger partial charge >= 0.3 is 0 Å². The number of carbonyl (C=O) groups is 2. The highest BCUT2D eigenvalue weighted by molar-refractivity contribution is 7.19. The number of amides is 2. The van der Waals surface area contributed by atoms with E-state index in [0.717, 1.165) is 31.8 Å². The van der Waals surface area contributed by atoms with Crippen LogP contribution in [0, 0.1) is 6.92 Å². The number of likely N-dealkylation sites (tertiary alicyclic amines) is 1. The van der Waals surface area contributed by atoms with Crippen molar-refractivity contribution in [3.63, 3.8) is 0 Å². The number of hydrogen-bond acceptors (Lipinski definition) is 6. The van der Waals surface area contributed by atoms with Crippen molar-refractivity contribution in [2.45, 2.75) is 51.4 Å². The molecule has 0 saturated carbocycles. The fourth-order valence-electron chi connectivity index (χ4n) is 4.69. The molecule has 2 aliphatic heterocycles. The fraction of sp³-hybridized carbons (Fsp3) is 0.400. The lowest BCUT2D eigenvalue weighted by molar-refractivity contribution is -0.140. The van der Waals surface area contributed by atoms with Crippen LogP contribution in [-0.2, 0) is 9.59 Å². The number of aryl methyl sites for hydroxylation is 1. The summed E-state index contributed by atoms with van der Waals surface area (Å²) in [4.78, 5) is 31.3. The molecule has 2 aromatic heterocycles. The molecule has 1 unspecified atom stereocenters. The number of halogens is 2. The zero-order chi connectivity index (χ0) is 24.0. The van der Waals surface area contributed by atoms with E-state index in [1.165, 1.54) is 16.2 Å². The third kappa shape index (κ3) is 4.19. The standard InChI is InChI=1S/C25H25ClFN3O3S/c1-13-9-15(26)10-17(24(13)33-20-6-7-28-12-18(20)27)16-5-8-29-19-11-21(34-25(16)19)14(2)30-22(31)3-4-23(30)32/h5,8-11,14,18,20,28H,3-4,6-7,12H2,1-2H3/t14?,18-,20-/m1/s1. The van der Waals surface area contributed by atoms with E-state index in [1.54, 1.807) is 6.20 Å². The van der Waals surface area contributed by atoms with Crippen molar-refractivity contribution in [3.8, 4) is 16.9 Å². The first-order chi connectivity index (χ1) is 16.3. The molecule has 0 aliphatic carbocycles. The lowest BCUT2D eigenvalue weighted by Crippen LogP contribution is -2.44. The van der Waals surface area contributed by atoms with Gasteiger partial charge in [-0.15, -0.1) is 11.3 Å². The monoisotopic (exact) mass is 501 g/mol. The number of hydrogen-bond donors (Lipinski definition) is 1. The van der Waals surface area contributed by atoms with Crippen molar-refractivity contribution in [3.05, 3.63) is 45.9 Å². The second-order valence-electron chi connectivity index (χ2n) is 8.82. The number of carbonyl (C=O) groups excluding carboxylic acids is 2. The van der Waals surface area contributed by atoms with Crippen LogP contribution < -0.4 is 10.1 Å². The van der Waals surface area contributed by atoms with Crippen molar-refractivity contribution < 1.29 is 18.7 Å². The zero-order valence-electron chi connectivity index (χ0n) is 18.9. The van der Waals surface area contributed by atoms with Gasteiger partial charge < -0.3 is 10.1 Å². The molecule has 0 bridgehead atoms. The normalized spacial score (nSPS) is 21.9. The number of imide groups is 1. The highest BCUT2D eigenvalue weighted by Crippen LogP contribution is 2.43. The molecule has 2 saturated heterocycles. The third-order valence-electron chi connectivity index (χ3n) is 6.47. The average Bonchev–Trinajstić information content (AvgIpc) is 3.39. The van der Waals surface area contributed by atoms with E-state index in [4.69, 9.17) is 16.3 Å². The molecule has 2 aliphatic rings. The lowest BCUT2D eigenvalue weighted by atomic mass is 10.0. The van der Waals surface area contributed by atoms with Crippen LogP contribution in [0.3, 0.4) is 0 Å². The van der Waals surface area contributed by atoms with Crippen molar-refractivity contribution in [2.75, 3.05) is 13.1 Å². The minimum Gasteiger partial charge on any atom is -0.486 e. The molecule has 0 spiro atoms. The fourth-order valence-corrected chi connectivity index (χ4v) is 6.15. The molecule has 5 rings (SSSR count). The zero-order valence-corrected chi connectivity index (χ0v) is 20.5. The molecule has 6 nitrogen and oxygen atoms in total. The van der Waals surface area contributed by atoms with Crippen LogP contribution in [0.1, 0.15) is 42.7 Å². The molecule has 34 heavy (non-hydrogen) atoms. The van der Waals surface area contributed by atoms with Crippen LogP contribution in [0.5, 0.6) is 5.75 Å². The van der Waals surface area contributed by atoms with Crippen LogP contribution in [0.2, 0.25) is 5.02 Å². The summed E-state index contributed by atoms with van der Waals surface area (Å²) in [6.07, 6.45) is 1.17. The van der Waals surface area contributed by atoms with E-state index in [2.05, 4.69) is 10.3 Å². The summed E-state index contributed by atoms with van der Waals surface area (Å²) in [5.74, 6) is 0.318. The van der Waals surface area contributed by atoms with Gasteiger partial charge in [-0.1, -0.05) is 11.6 Å². The number of pyridine rings is 1. The highest BCUT2D eigenvalue weighted by atomic mass is 35.5. The van der Waals surface area contributed by atoms with Gasteiger partial charge in [0.05, 0.1) is 16.3 Å². The number of piperidine rings is 1. The Hall–Kier alpha value is -2.55. The SMILES string of the molecule is Cc1cc(Cl)cc(-c2ccnc3cc(C(C)N4C(=O)CCC4=O)sc23)c1O[C@@H]1CCNC[C@H]1F. The van der Waals surface area contributed by atoms with Gasteiger partial charge in [0.15, 0.2) is 0 Å². The maximum absolute atomic E-state index is 14.6. The number of fused-ring (bicyclic) bond motifs is 1. The number of thiophene rings is 1. The maximum atomic E-state index is 14.6. The number of nitrogens with one attached hydrogen (secondary N) is 1. The molecule has 3 aromatic rings. The van der Waals surface area contributed by atoms with Gasteiger partial charge in [-0.05, 0) is 56.6 Å². The molecule has 0 radical (unpaired) electrons. The van der Waals surface area contributed by atoms with E-state index in [1.807, 2.05) is 38.1 Å². The Labute approximate surface area is 206 Å². The summed E-state index contributed by atoms with van der Waals surface area (Å²) >= 11 is 7.93. The van der Waals surface area contributed by atoms with E-state index in [9.17, 15) is 14.0 Å². The van der Waals surface area contributed by atoms with Crippen molar-refractivity contribution in [1.82, 2.24) is 15.2 Å². The summed E-state index contributed by atoms with van der Waals surface area (Å²) in [6, 6.07) is 7.11. The lowest BCUT2D eigenvalue weighted by Gasteiger charge is -2.29. The van der Waals surface area contributed by atoms with E-state index >= 15 is 0 Å². The Bertz CT molecular complexity index is 1260. The topological polar surface area (TPSA) is 71.5 Å². The van der Waals surface area contributed by atoms with Crippen LogP contribution in [0.25, 0.3) is 21.3 Å². The number of aromatic nitrogens is 1. The summed E-state index contributed by atoms with van der Waals surface area (Å²) in [6.45, 7) is 4.74. The van der Waals surface area contributed by atoms with Crippen LogP contribution in [0.15, 0.2) is 30.5 Å². The minimum atomic E-state index is -1.10. The van der Waals surface area contributed by atoms with Gasteiger partial charge in [0, 0.05) is 46.6 Å². The quantitative estimate of drug-likeness (QED) is 0.486. The predicted octanol–water partition coefficient (Wildman–Crippen LogP) is 5.21. The number of alkyl halides is 1. The summed E-state index contributed by atoms with van der Waals surface area (Å²) < 4.78 is 21.7. The molecule has 3 atom stereocenters. The average molecular weight is 502 g/mol. The summed E-state index contributed by atoms with van der Waals surface area (Å²) in [7, 11) is 0. The number of nitrogens with zero attached hydrogens (tertiary/aromatic N) is 2. The third-order valence-corrected chi connectivity index (χ3v) is 8.01. The Morgan fingerprint density at radius 2 is 2.00 bits per heavy atom. The Morgan fingerprint density at radius 1 is 1.24 bits per heavy atom. The van der Waals surface area contributed by atoms with Crippen molar-refractivity contribution in [1.29, 1.82) is 0 Å². The van der Waals surface area contributed by atoms with Gasteiger partial charge in [0.2, 0.25) is 11.8 Å². The van der Waals surface area contributed by atoms with E-state index in [0.29, 0.717) is 23.7 Å². The molecule has 4 heterocycles. The van der Waals surface area contributed by atoms with Crippen LogP contribution >= 0.6 is 22.9 Å². The minimum absolute atomic E-state index is 0.146. The predicted molar refractivity (Wildman–Crippen MR) is 131 cm³/mol. The maximum Gasteiger partial charge on any atom is 0.230 e. The molecule has 1 aromatic carbocycles. The van der Waals surface area contributed by atoms with Crippen molar-refractivity contribution in [2.24, 2.45) is 0 Å². The number of ether oxygens (including phenoxy) is 1. The molecule has 2 amide bonds. The van der Waals surface area contributed by atoms with Gasteiger partial charge in [0.1, 0.15) is 18.0 Å². The molecular formula is C25H25ClFN3O3S. The van der Waals surface area contributed by atoms with Crippen LogP contribution in [-0.4, -0.2) is 47.1 Å². The largest absolute Gasteiger partial charge is 0.486 e. The second-order valence-corrected chi connectivity index (χ2v) is 10.3. The molecule has 178 valence electrons. The van der Waals surface area contributed by atoms with Gasteiger partial charge in [-0.3, -0.25) is 19.5 Å². The number of benzene rings is 1. The highest BCUT2D eigenvalue weighted by Gasteiger charge is 2.34. The summed E-state index contributed by atoms with van der Waals surface area (Å²) in [5, 5.41) is 3.61. The summed E-state index contributed by atoms with van der Waals surface area (Å²) in [5.41, 5.74) is 3.24. The van der Waals surface area contributed by atoms with Gasteiger partial charge in [-0.25, -0.2) is 4.39 Å². The Kier molecular flexibility index (Phi) is 6.31. The van der Waals surface area contributed by atoms with E-state index in [-0.39, 0.29) is 37.2 Å². The first kappa shape index (κ1) is 23.2. The Morgan fingerprint density at radius 3 is 2.74 bits per heavy atom. The molecule has 1 N–H and O–H groups in total. The first-order valence-corrected chi connectivity index (χ1v) is 12.6. The number of rotatable bonds is 5. The molecule has 9 heteroatoms. The van der Waals surface area contributed by atoms with Gasteiger partial charge in [-0.2, -0.15) is 0 Å². The second kappa shape index (κ2) is 9.24.